The molecular weight excluding hydrogens is 465 g/mol. The third-order valence-corrected chi connectivity index (χ3v) is 6.42. The molecule has 7 nitrogen and oxygen atoms in total. The van der Waals surface area contributed by atoms with E-state index in [1.807, 2.05) is 0 Å². The van der Waals surface area contributed by atoms with E-state index < -0.39 is 10.0 Å². The molecule has 1 rings (SSSR count). The molecule has 0 unspecified atom stereocenters. The summed E-state index contributed by atoms with van der Waals surface area (Å²) in [5, 5.41) is 6.82. The fourth-order valence-electron chi connectivity index (χ4n) is 2.97. The first-order valence-corrected chi connectivity index (χ1v) is 11.2. The summed E-state index contributed by atoms with van der Waals surface area (Å²) in [7, 11) is -1.46. The first kappa shape index (κ1) is 25.9. The number of nitrogens with one attached hydrogen (secondary N) is 2. The Kier molecular flexibility index (Phi) is 13.9. The highest BCUT2D eigenvalue weighted by Crippen LogP contribution is 2.10. The highest BCUT2D eigenvalue weighted by molar-refractivity contribution is 14.0. The Morgan fingerprint density at radius 3 is 2.42 bits per heavy atom. The number of aliphatic imine (C=N–C) groups is 1. The van der Waals surface area contributed by atoms with Crippen molar-refractivity contribution in [2.24, 2.45) is 4.99 Å². The van der Waals surface area contributed by atoms with Crippen molar-refractivity contribution < 1.29 is 8.42 Å². The van der Waals surface area contributed by atoms with Crippen molar-refractivity contribution in [1.82, 2.24) is 19.8 Å². The standard InChI is InChI=1S/C17H37N5O2S.HI/c1-5-12-22-14-9-16(10-15-22)20-17(18-6-2)19-11-8-13-21(4)25(23,24)7-3;/h16H,5-15H2,1-4H3,(H2,18,19,20);1H. The summed E-state index contributed by atoms with van der Waals surface area (Å²) < 4.78 is 24.9. The van der Waals surface area contributed by atoms with Gasteiger partial charge in [-0.05, 0) is 46.1 Å². The van der Waals surface area contributed by atoms with Gasteiger partial charge in [0, 0.05) is 45.8 Å². The summed E-state index contributed by atoms with van der Waals surface area (Å²) >= 11 is 0. The maximum atomic E-state index is 11.7. The number of guanidine groups is 1. The van der Waals surface area contributed by atoms with Crippen LogP contribution in [0.5, 0.6) is 0 Å². The Bertz CT molecular complexity index is 493. The molecule has 0 amide bonds. The van der Waals surface area contributed by atoms with E-state index in [1.165, 1.54) is 17.3 Å². The summed E-state index contributed by atoms with van der Waals surface area (Å²) in [6, 6.07) is 0.467. The average molecular weight is 503 g/mol. The SMILES string of the molecule is CCCN1CCC(NC(=NCCCN(C)S(=O)(=O)CC)NCC)CC1.I. The molecule has 26 heavy (non-hydrogen) atoms. The molecule has 0 aromatic heterocycles. The zero-order chi connectivity index (χ0) is 18.7. The molecular formula is C17H38IN5O2S. The zero-order valence-electron chi connectivity index (χ0n) is 16.8. The molecule has 1 aliphatic rings. The second kappa shape index (κ2) is 14.0. The lowest BCUT2D eigenvalue weighted by molar-refractivity contribution is 0.206. The Morgan fingerprint density at radius 1 is 1.23 bits per heavy atom. The van der Waals surface area contributed by atoms with Crippen molar-refractivity contribution in [1.29, 1.82) is 0 Å². The predicted octanol–water partition coefficient (Wildman–Crippen LogP) is 1.71. The third-order valence-electron chi connectivity index (χ3n) is 4.55. The molecule has 1 saturated heterocycles. The fraction of sp³-hybridized carbons (Fsp3) is 0.941. The number of rotatable bonds is 10. The van der Waals surface area contributed by atoms with Gasteiger partial charge in [-0.25, -0.2) is 12.7 Å². The minimum atomic E-state index is -3.09. The van der Waals surface area contributed by atoms with Crippen LogP contribution in [0.2, 0.25) is 0 Å². The fourth-order valence-corrected chi connectivity index (χ4v) is 3.82. The van der Waals surface area contributed by atoms with E-state index >= 15 is 0 Å². The van der Waals surface area contributed by atoms with Crippen LogP contribution in [0.3, 0.4) is 0 Å². The van der Waals surface area contributed by atoms with Crippen LogP contribution >= 0.6 is 24.0 Å². The van der Waals surface area contributed by atoms with E-state index in [0.717, 1.165) is 44.9 Å². The van der Waals surface area contributed by atoms with Gasteiger partial charge in [0.05, 0.1) is 5.75 Å². The minimum Gasteiger partial charge on any atom is -0.357 e. The monoisotopic (exact) mass is 503 g/mol. The number of likely N-dealkylation sites (tertiary alicyclic amines) is 1. The van der Waals surface area contributed by atoms with Gasteiger partial charge in [0.15, 0.2) is 5.96 Å². The number of sulfonamides is 1. The topological polar surface area (TPSA) is 77.0 Å². The molecule has 2 N–H and O–H groups in total. The maximum Gasteiger partial charge on any atom is 0.213 e. The van der Waals surface area contributed by atoms with E-state index in [4.69, 9.17) is 0 Å². The number of hydrogen-bond donors (Lipinski definition) is 2. The molecule has 0 bridgehead atoms. The predicted molar refractivity (Wildman–Crippen MR) is 121 cm³/mol. The van der Waals surface area contributed by atoms with Gasteiger partial charge in [-0.1, -0.05) is 6.92 Å². The zero-order valence-corrected chi connectivity index (χ0v) is 20.0. The van der Waals surface area contributed by atoms with Crippen molar-refractivity contribution in [2.75, 3.05) is 52.1 Å². The molecule has 0 aromatic rings. The van der Waals surface area contributed by atoms with Crippen molar-refractivity contribution in [3.8, 4) is 0 Å². The van der Waals surface area contributed by atoms with Crippen LogP contribution in [0.15, 0.2) is 4.99 Å². The summed E-state index contributed by atoms with van der Waals surface area (Å²) in [6.07, 6.45) is 4.22. The van der Waals surface area contributed by atoms with Crippen LogP contribution in [-0.4, -0.2) is 81.7 Å². The van der Waals surface area contributed by atoms with Crippen LogP contribution in [0.25, 0.3) is 0 Å². The lowest BCUT2D eigenvalue weighted by Crippen LogP contribution is -2.48. The first-order valence-electron chi connectivity index (χ1n) is 9.64. The van der Waals surface area contributed by atoms with E-state index in [2.05, 4.69) is 34.4 Å². The maximum absolute atomic E-state index is 11.7. The third kappa shape index (κ3) is 9.70. The Hall–Kier alpha value is -0.130. The highest BCUT2D eigenvalue weighted by Gasteiger charge is 2.19. The van der Waals surface area contributed by atoms with Gasteiger partial charge in [0.25, 0.3) is 0 Å². The van der Waals surface area contributed by atoms with E-state index in [1.54, 1.807) is 14.0 Å². The van der Waals surface area contributed by atoms with E-state index in [-0.39, 0.29) is 29.7 Å². The van der Waals surface area contributed by atoms with Gasteiger partial charge in [-0.3, -0.25) is 4.99 Å². The normalized spacial score (nSPS) is 17.2. The van der Waals surface area contributed by atoms with Gasteiger partial charge in [0.1, 0.15) is 0 Å². The number of nitrogens with zero attached hydrogens (tertiary/aromatic N) is 3. The second-order valence-corrected chi connectivity index (χ2v) is 8.96. The van der Waals surface area contributed by atoms with Crippen molar-refractivity contribution in [2.45, 2.75) is 52.5 Å². The smallest absolute Gasteiger partial charge is 0.213 e. The summed E-state index contributed by atoms with van der Waals surface area (Å²) in [5.74, 6) is 0.991. The molecule has 9 heteroatoms. The largest absolute Gasteiger partial charge is 0.357 e. The lowest BCUT2D eigenvalue weighted by Gasteiger charge is -2.32. The summed E-state index contributed by atoms with van der Waals surface area (Å²) in [6.45, 7) is 11.4. The molecule has 0 saturated carbocycles. The van der Waals surface area contributed by atoms with Crippen LogP contribution in [0.1, 0.15) is 46.5 Å². The number of halogens is 1. The van der Waals surface area contributed by atoms with Gasteiger partial charge in [-0.15, -0.1) is 24.0 Å². The Labute approximate surface area is 177 Å². The van der Waals surface area contributed by atoms with Crippen molar-refractivity contribution in [3.63, 3.8) is 0 Å². The molecule has 0 spiro atoms. The Balaban J connectivity index is 0.00000625. The van der Waals surface area contributed by atoms with Crippen molar-refractivity contribution >= 4 is 40.0 Å². The molecule has 0 aromatic carbocycles. The van der Waals surface area contributed by atoms with E-state index in [9.17, 15) is 8.42 Å². The molecule has 0 aliphatic carbocycles. The van der Waals surface area contributed by atoms with Crippen LogP contribution in [-0.2, 0) is 10.0 Å². The molecule has 1 heterocycles. The highest BCUT2D eigenvalue weighted by atomic mass is 127. The van der Waals surface area contributed by atoms with Gasteiger partial charge >= 0.3 is 0 Å². The summed E-state index contributed by atoms with van der Waals surface area (Å²) in [5.41, 5.74) is 0. The molecule has 156 valence electrons. The molecule has 0 atom stereocenters. The Morgan fingerprint density at radius 2 is 1.88 bits per heavy atom. The molecule has 1 aliphatic heterocycles. The summed E-state index contributed by atoms with van der Waals surface area (Å²) in [4.78, 5) is 7.12. The van der Waals surface area contributed by atoms with Gasteiger partial charge in [0.2, 0.25) is 10.0 Å². The second-order valence-electron chi connectivity index (χ2n) is 6.60. The number of piperidine rings is 1. The minimum absolute atomic E-state index is 0. The van der Waals surface area contributed by atoms with Gasteiger partial charge in [-0.2, -0.15) is 0 Å². The molecule has 1 fully saturated rings. The van der Waals surface area contributed by atoms with Gasteiger partial charge < -0.3 is 15.5 Å². The van der Waals surface area contributed by atoms with E-state index in [0.29, 0.717) is 19.1 Å². The van der Waals surface area contributed by atoms with Crippen LogP contribution in [0.4, 0.5) is 0 Å². The lowest BCUT2D eigenvalue weighted by atomic mass is 10.1. The van der Waals surface area contributed by atoms with Crippen LogP contribution in [0, 0.1) is 0 Å². The number of hydrogen-bond acceptors (Lipinski definition) is 4. The van der Waals surface area contributed by atoms with Crippen molar-refractivity contribution in [3.05, 3.63) is 0 Å². The quantitative estimate of drug-likeness (QED) is 0.206. The average Bonchev–Trinajstić information content (AvgIpc) is 2.60. The van der Waals surface area contributed by atoms with Crippen LogP contribution < -0.4 is 10.6 Å². The molecule has 0 radical (unpaired) electrons. The first-order chi connectivity index (χ1) is 11.9.